The smallest absolute Gasteiger partial charge is 0.322 e. The van der Waals surface area contributed by atoms with E-state index in [1.54, 1.807) is 18.7 Å². The van der Waals surface area contributed by atoms with Crippen LogP contribution in [0.2, 0.25) is 0 Å². The molecule has 0 saturated carbocycles. The van der Waals surface area contributed by atoms with E-state index in [4.69, 9.17) is 15.2 Å². The average Bonchev–Trinajstić information content (AvgIpc) is 2.51. The van der Waals surface area contributed by atoms with Gasteiger partial charge in [0.05, 0.1) is 19.3 Å². The number of hydrogen-bond acceptors (Lipinski definition) is 5. The van der Waals surface area contributed by atoms with Gasteiger partial charge in [-0.15, -0.1) is 0 Å². The molecule has 0 aromatic heterocycles. The molecule has 0 aliphatic carbocycles. The molecule has 0 radical (unpaired) electrons. The van der Waals surface area contributed by atoms with Gasteiger partial charge in [-0.3, -0.25) is 4.79 Å². The van der Waals surface area contributed by atoms with Gasteiger partial charge in [0.25, 0.3) is 0 Å². The zero-order valence-corrected chi connectivity index (χ0v) is 13.2. The van der Waals surface area contributed by atoms with Crippen molar-refractivity contribution in [1.82, 2.24) is 0 Å². The molecule has 0 fully saturated rings. The molecule has 4 nitrogen and oxygen atoms in total. The van der Waals surface area contributed by atoms with Crippen LogP contribution in [0.25, 0.3) is 0 Å². The molecule has 2 unspecified atom stereocenters. The van der Waals surface area contributed by atoms with E-state index in [0.29, 0.717) is 13.0 Å². The molecule has 116 valence electrons. The van der Waals surface area contributed by atoms with Crippen molar-refractivity contribution in [1.29, 1.82) is 0 Å². The molecule has 0 spiro atoms. The summed E-state index contributed by atoms with van der Waals surface area (Å²) in [7, 11) is 0. The summed E-state index contributed by atoms with van der Waals surface area (Å²) in [6.07, 6.45) is 1.78. The summed E-state index contributed by atoms with van der Waals surface area (Å²) in [5.74, 6) is 1.42. The normalized spacial score (nSPS) is 18.9. The van der Waals surface area contributed by atoms with Gasteiger partial charge in [0.2, 0.25) is 0 Å². The van der Waals surface area contributed by atoms with E-state index >= 15 is 0 Å². The molecule has 0 bridgehead atoms. The van der Waals surface area contributed by atoms with Gasteiger partial charge in [-0.25, -0.2) is 0 Å². The number of ether oxygens (including phenoxy) is 2. The standard InChI is InChI=1S/C16H23NO3S/c1-2-19-16(18)14(17)8-10-21-11-15-13-6-4-3-5-12(13)7-9-20-15/h3-6,14-15H,2,7-11,17H2,1H3. The maximum Gasteiger partial charge on any atom is 0.322 e. The van der Waals surface area contributed by atoms with Crippen LogP contribution in [-0.2, 0) is 20.7 Å². The Hall–Kier alpha value is -1.04. The van der Waals surface area contributed by atoms with Crippen LogP contribution in [0.4, 0.5) is 0 Å². The van der Waals surface area contributed by atoms with Gasteiger partial charge < -0.3 is 15.2 Å². The van der Waals surface area contributed by atoms with Gasteiger partial charge in [-0.1, -0.05) is 24.3 Å². The molecule has 1 aromatic rings. The Balaban J connectivity index is 1.74. The Bertz CT molecular complexity index is 467. The lowest BCUT2D eigenvalue weighted by atomic mass is 9.99. The number of carbonyl (C=O) groups excluding carboxylic acids is 1. The number of hydrogen-bond donors (Lipinski definition) is 1. The molecule has 21 heavy (non-hydrogen) atoms. The topological polar surface area (TPSA) is 61.5 Å². The van der Waals surface area contributed by atoms with Gasteiger partial charge >= 0.3 is 5.97 Å². The SMILES string of the molecule is CCOC(=O)C(N)CCSCC1OCCc2ccccc21. The van der Waals surface area contributed by atoms with Gasteiger partial charge in [0, 0.05) is 5.75 Å². The van der Waals surface area contributed by atoms with Crippen LogP contribution in [0.1, 0.15) is 30.6 Å². The number of carbonyl (C=O) groups is 1. The molecule has 0 saturated heterocycles. The fraction of sp³-hybridized carbons (Fsp3) is 0.562. The summed E-state index contributed by atoms with van der Waals surface area (Å²) in [5.41, 5.74) is 8.46. The predicted octanol–water partition coefficient (Wildman–Crippen LogP) is 2.31. The molecule has 1 aliphatic heterocycles. The number of benzene rings is 1. The van der Waals surface area contributed by atoms with Gasteiger partial charge in [-0.2, -0.15) is 11.8 Å². The summed E-state index contributed by atoms with van der Waals surface area (Å²) in [6, 6.07) is 7.93. The zero-order valence-electron chi connectivity index (χ0n) is 12.4. The monoisotopic (exact) mass is 309 g/mol. The van der Waals surface area contributed by atoms with Crippen molar-refractivity contribution in [2.45, 2.75) is 31.9 Å². The van der Waals surface area contributed by atoms with Crippen LogP contribution in [0.5, 0.6) is 0 Å². The number of esters is 1. The highest BCUT2D eigenvalue weighted by molar-refractivity contribution is 7.99. The number of nitrogens with two attached hydrogens (primary N) is 1. The van der Waals surface area contributed by atoms with E-state index in [0.717, 1.165) is 24.5 Å². The Kier molecular flexibility index (Phi) is 6.54. The Morgan fingerprint density at radius 1 is 1.52 bits per heavy atom. The fourth-order valence-corrected chi connectivity index (χ4v) is 3.46. The largest absolute Gasteiger partial charge is 0.465 e. The first kappa shape index (κ1) is 16.3. The van der Waals surface area contributed by atoms with Crippen LogP contribution in [-0.4, -0.2) is 36.7 Å². The lowest BCUT2D eigenvalue weighted by molar-refractivity contribution is -0.144. The van der Waals surface area contributed by atoms with E-state index in [1.165, 1.54) is 11.1 Å². The predicted molar refractivity (Wildman–Crippen MR) is 85.4 cm³/mol. The first-order valence-corrected chi connectivity index (χ1v) is 8.57. The van der Waals surface area contributed by atoms with Crippen LogP contribution in [0.15, 0.2) is 24.3 Å². The van der Waals surface area contributed by atoms with Crippen molar-refractivity contribution >= 4 is 17.7 Å². The van der Waals surface area contributed by atoms with Crippen LogP contribution >= 0.6 is 11.8 Å². The van der Waals surface area contributed by atoms with Crippen LogP contribution < -0.4 is 5.73 Å². The summed E-state index contributed by atoms with van der Waals surface area (Å²) in [5, 5.41) is 0. The van der Waals surface area contributed by atoms with E-state index in [2.05, 4.69) is 24.3 Å². The third-order valence-electron chi connectivity index (χ3n) is 3.52. The van der Waals surface area contributed by atoms with Gasteiger partial charge in [-0.05, 0) is 36.6 Å². The Morgan fingerprint density at radius 2 is 2.33 bits per heavy atom. The highest BCUT2D eigenvalue weighted by atomic mass is 32.2. The Morgan fingerprint density at radius 3 is 3.14 bits per heavy atom. The lowest BCUT2D eigenvalue weighted by Gasteiger charge is -2.25. The fourth-order valence-electron chi connectivity index (χ4n) is 2.38. The zero-order chi connectivity index (χ0) is 15.1. The minimum Gasteiger partial charge on any atom is -0.465 e. The average molecular weight is 309 g/mol. The minimum absolute atomic E-state index is 0.152. The van der Waals surface area contributed by atoms with Crippen molar-refractivity contribution in [3.8, 4) is 0 Å². The number of thioether (sulfide) groups is 1. The molecular formula is C16H23NO3S. The Labute approximate surface area is 130 Å². The van der Waals surface area contributed by atoms with E-state index in [-0.39, 0.29) is 12.1 Å². The van der Waals surface area contributed by atoms with E-state index in [9.17, 15) is 4.79 Å². The first-order chi connectivity index (χ1) is 10.2. The molecule has 2 rings (SSSR count). The molecule has 5 heteroatoms. The van der Waals surface area contributed by atoms with Crippen molar-refractivity contribution in [3.63, 3.8) is 0 Å². The minimum atomic E-state index is -0.517. The van der Waals surface area contributed by atoms with Crippen molar-refractivity contribution in [3.05, 3.63) is 35.4 Å². The summed E-state index contributed by atoms with van der Waals surface area (Å²) < 4.78 is 10.8. The van der Waals surface area contributed by atoms with Crippen LogP contribution in [0.3, 0.4) is 0 Å². The highest BCUT2D eigenvalue weighted by Crippen LogP contribution is 2.29. The van der Waals surface area contributed by atoms with E-state index in [1.807, 2.05) is 0 Å². The van der Waals surface area contributed by atoms with Crippen molar-refractivity contribution in [2.24, 2.45) is 5.73 Å². The third-order valence-corrected chi connectivity index (χ3v) is 4.59. The summed E-state index contributed by atoms with van der Waals surface area (Å²) >= 11 is 1.77. The second kappa shape index (κ2) is 8.41. The van der Waals surface area contributed by atoms with Crippen LogP contribution in [0, 0.1) is 0 Å². The molecule has 1 aliphatic rings. The maximum atomic E-state index is 11.4. The maximum absolute atomic E-state index is 11.4. The number of fused-ring (bicyclic) bond motifs is 1. The van der Waals surface area contributed by atoms with Crippen molar-refractivity contribution in [2.75, 3.05) is 24.7 Å². The lowest BCUT2D eigenvalue weighted by Crippen LogP contribution is -2.32. The second-order valence-corrected chi connectivity index (χ2v) is 6.18. The first-order valence-electron chi connectivity index (χ1n) is 7.41. The van der Waals surface area contributed by atoms with Gasteiger partial charge in [0.15, 0.2) is 0 Å². The summed E-state index contributed by atoms with van der Waals surface area (Å²) in [6.45, 7) is 2.95. The second-order valence-electron chi connectivity index (χ2n) is 5.03. The molecule has 2 N–H and O–H groups in total. The molecule has 0 amide bonds. The third kappa shape index (κ3) is 4.73. The molecule has 1 aromatic carbocycles. The van der Waals surface area contributed by atoms with E-state index < -0.39 is 6.04 Å². The number of rotatable bonds is 7. The highest BCUT2D eigenvalue weighted by Gasteiger charge is 2.20. The van der Waals surface area contributed by atoms with Crippen molar-refractivity contribution < 1.29 is 14.3 Å². The molecular weight excluding hydrogens is 286 g/mol. The molecule has 2 atom stereocenters. The van der Waals surface area contributed by atoms with Gasteiger partial charge in [0.1, 0.15) is 6.04 Å². The quantitative estimate of drug-likeness (QED) is 0.618. The summed E-state index contributed by atoms with van der Waals surface area (Å²) in [4.78, 5) is 11.4. The molecule has 1 heterocycles.